The Morgan fingerprint density at radius 1 is 0.375 bits per heavy atom. The van der Waals surface area contributed by atoms with Crippen LogP contribution in [0.25, 0.3) is 0 Å². The van der Waals surface area contributed by atoms with Gasteiger partial charge < -0.3 is 63.6 Å². The molecule has 0 aromatic rings. The molecule has 0 atom stereocenters. The van der Waals surface area contributed by atoms with Crippen molar-refractivity contribution in [2.24, 2.45) is 0 Å². The van der Waals surface area contributed by atoms with Crippen molar-refractivity contribution in [1.29, 1.82) is 0 Å². The van der Waals surface area contributed by atoms with Crippen LogP contribution in [0.1, 0.15) is 0 Å². The van der Waals surface area contributed by atoms with Crippen molar-refractivity contribution in [3.05, 3.63) is 0 Å². The van der Waals surface area contributed by atoms with Gasteiger partial charge in [0.25, 0.3) is 0 Å². The predicted molar refractivity (Wildman–Crippen MR) is 88.4 cm³/mol. The molecule has 0 aromatic heterocycles. The molecule has 0 amide bonds. The average Bonchev–Trinajstić information content (AvgIpc) is 2.41. The van der Waals surface area contributed by atoms with E-state index in [0.717, 1.165) is 0 Å². The van der Waals surface area contributed by atoms with Gasteiger partial charge in [-0.2, -0.15) is 0 Å². The highest BCUT2D eigenvalue weighted by molar-refractivity contribution is 7.57. The van der Waals surface area contributed by atoms with Crippen LogP contribution in [0.5, 0.6) is 0 Å². The smallest absolute Gasteiger partial charge is 0.244 e. The Balaban J connectivity index is 5.31. The lowest BCUT2D eigenvalue weighted by atomic mass is 10.4. The van der Waals surface area contributed by atoms with Gasteiger partial charge in [0, 0.05) is 26.2 Å². The standard InChI is InChI=1S/C9H28N3O15P5/c13-28(14,15)5-10(1-3-11(6-29(16,17)18)7-30(19,20)21)2-4-12(8-31(22,23)24)9-32(25,26)27/h1-9H2,(H2,13,14,15)(H2,16,17,18)(H2,19,20,21)(H2,22,23,24)(H2,25,26,27)/p-8. The van der Waals surface area contributed by atoms with E-state index < -0.39 is 97.3 Å². The highest BCUT2D eigenvalue weighted by Crippen LogP contribution is 2.42. The fraction of sp³-hybridized carbons (Fsp3) is 1.00. The van der Waals surface area contributed by atoms with Gasteiger partial charge in [-0.05, 0) is 0 Å². The maximum Gasteiger partial charge on any atom is 0.244 e. The van der Waals surface area contributed by atoms with Crippen molar-refractivity contribution >= 4 is 39.7 Å². The third-order valence-corrected chi connectivity index (χ3v) is 7.10. The lowest BCUT2D eigenvalue weighted by Crippen LogP contribution is -2.51. The van der Waals surface area contributed by atoms with Crippen molar-refractivity contribution in [3.8, 4) is 0 Å². The molecule has 0 radical (unpaired) electrons. The minimum Gasteiger partial charge on any atom is -0.687 e. The quantitative estimate of drug-likeness (QED) is 0.164. The first-order valence-electron chi connectivity index (χ1n) is 8.20. The molecule has 0 fully saturated rings. The SMILES string of the molecule is [O-][P+]([O-])([O-])CN(CCN(C[P+]([O-])([O-])[O-])C[P+]([O-])([O-])[O-])CCN(C[P+]([O-])([O-])[O-])C[P+]([O-])(O)O. The minimum absolute atomic E-state index is 0.367. The Morgan fingerprint density at radius 2 is 0.594 bits per heavy atom. The van der Waals surface area contributed by atoms with Gasteiger partial charge in [-0.15, -0.1) is 31.8 Å². The molecule has 0 rings (SSSR count). The van der Waals surface area contributed by atoms with Crippen molar-refractivity contribution in [1.82, 2.24) is 14.7 Å². The van der Waals surface area contributed by atoms with Gasteiger partial charge >= 0.3 is 0 Å². The predicted octanol–water partition coefficient (Wildman–Crippen LogP) is -12.8. The second kappa shape index (κ2) is 13.1. The topological polar surface area (TPSA) is 350 Å². The molecule has 0 aliphatic rings. The van der Waals surface area contributed by atoms with E-state index in [4.69, 9.17) is 9.79 Å². The summed E-state index contributed by atoms with van der Waals surface area (Å²) in [6.45, 7) is -2.63. The monoisotopic (exact) mass is 565 g/mol. The van der Waals surface area contributed by atoms with Crippen LogP contribution in [0.4, 0.5) is 0 Å². The Bertz CT molecular complexity index is 473. The van der Waals surface area contributed by atoms with Gasteiger partial charge in [-0.25, -0.2) is 19.6 Å². The summed E-state index contributed by atoms with van der Waals surface area (Å²) in [6.07, 6.45) is -6.66. The van der Waals surface area contributed by atoms with Crippen molar-refractivity contribution < 1.29 is 73.4 Å². The van der Waals surface area contributed by atoms with Crippen LogP contribution >= 0.6 is 39.7 Å². The number of hydrogen-bond donors (Lipinski definition) is 2. The van der Waals surface area contributed by atoms with Gasteiger partial charge in [0.15, 0.2) is 6.29 Å². The third kappa shape index (κ3) is 21.9. The molecule has 0 aromatic carbocycles. The van der Waals surface area contributed by atoms with Crippen LogP contribution in [0.3, 0.4) is 0 Å². The van der Waals surface area contributed by atoms with E-state index in [-0.39, 0.29) is 0 Å². The van der Waals surface area contributed by atoms with Crippen molar-refractivity contribution in [2.45, 2.75) is 0 Å². The highest BCUT2D eigenvalue weighted by Gasteiger charge is 2.26. The zero-order valence-electron chi connectivity index (χ0n) is 16.1. The molecule has 0 bridgehead atoms. The van der Waals surface area contributed by atoms with Crippen LogP contribution in [-0.2, 0) is 0 Å². The molecule has 0 heterocycles. The average molecular weight is 565 g/mol. The molecule has 32 heavy (non-hydrogen) atoms. The number of nitrogens with zero attached hydrogens (tertiary/aromatic N) is 3. The van der Waals surface area contributed by atoms with E-state index >= 15 is 0 Å². The van der Waals surface area contributed by atoms with Crippen LogP contribution < -0.4 is 63.6 Å². The van der Waals surface area contributed by atoms with E-state index in [1.807, 2.05) is 0 Å². The molecule has 23 heteroatoms. The normalized spacial score (nSPS) is 14.8. The molecule has 194 valence electrons. The Kier molecular flexibility index (Phi) is 13.7. The molecule has 2 N–H and O–H groups in total. The fourth-order valence-corrected chi connectivity index (χ4v) is 6.48. The number of hydrogen-bond acceptors (Lipinski definition) is 18. The van der Waals surface area contributed by atoms with E-state index in [2.05, 4.69) is 0 Å². The fourth-order valence-electron chi connectivity index (χ4n) is 2.43. The maximum atomic E-state index is 11.1. The molecule has 0 spiro atoms. The summed E-state index contributed by atoms with van der Waals surface area (Å²) >= 11 is 0. The Labute approximate surface area is 186 Å². The first kappa shape index (κ1) is 33.4. The van der Waals surface area contributed by atoms with E-state index in [9.17, 15) is 63.6 Å². The molecule has 0 saturated carbocycles. The summed E-state index contributed by atoms with van der Waals surface area (Å²) in [5.41, 5.74) is 0. The first-order chi connectivity index (χ1) is 13.9. The van der Waals surface area contributed by atoms with E-state index in [0.29, 0.717) is 14.7 Å². The summed E-state index contributed by atoms with van der Waals surface area (Å²) in [7, 11) is -26.2. The van der Waals surface area contributed by atoms with E-state index in [1.54, 1.807) is 0 Å². The maximum absolute atomic E-state index is 11.1. The van der Waals surface area contributed by atoms with Crippen molar-refractivity contribution in [2.75, 3.05) is 57.6 Å². The largest absolute Gasteiger partial charge is 0.687 e. The molecule has 0 aliphatic carbocycles. The van der Waals surface area contributed by atoms with Crippen LogP contribution in [0, 0.1) is 0 Å². The van der Waals surface area contributed by atoms with E-state index in [1.165, 1.54) is 0 Å². The van der Waals surface area contributed by atoms with Crippen LogP contribution in [0.15, 0.2) is 0 Å². The minimum atomic E-state index is -5.35. The second-order valence-electron chi connectivity index (χ2n) is 6.72. The summed E-state index contributed by atoms with van der Waals surface area (Å²) in [4.78, 5) is 162. The highest BCUT2D eigenvalue weighted by atomic mass is 31.2. The second-order valence-corrected chi connectivity index (χ2v) is 14.4. The number of rotatable bonds is 16. The lowest BCUT2D eigenvalue weighted by molar-refractivity contribution is -0.434. The van der Waals surface area contributed by atoms with Gasteiger partial charge in [-0.1, -0.05) is 0 Å². The summed E-state index contributed by atoms with van der Waals surface area (Å²) in [6, 6.07) is 0. The lowest BCUT2D eigenvalue weighted by Gasteiger charge is -2.50. The molecule has 0 unspecified atom stereocenters. The van der Waals surface area contributed by atoms with Crippen LogP contribution in [0.2, 0.25) is 0 Å². The third-order valence-electron chi connectivity index (χ3n) is 3.34. The zero-order chi connectivity index (χ0) is 25.6. The van der Waals surface area contributed by atoms with Gasteiger partial charge in [0.05, 0.1) is 25.1 Å². The first-order valence-corrected chi connectivity index (χ1v) is 16.9. The molecular weight excluding hydrogens is 545 g/mol. The Morgan fingerprint density at radius 3 is 0.844 bits per heavy atom. The van der Waals surface area contributed by atoms with Gasteiger partial charge in [0.2, 0.25) is 7.94 Å². The van der Waals surface area contributed by atoms with Gasteiger partial charge in [0.1, 0.15) is 0 Å². The van der Waals surface area contributed by atoms with Crippen molar-refractivity contribution in [3.63, 3.8) is 0 Å². The summed E-state index contributed by atoms with van der Waals surface area (Å²) < 4.78 is 0. The Hall–Kier alpha value is 1.43. The molecule has 0 aliphatic heterocycles. The molecular formula is C9H20N3O15P5-8. The van der Waals surface area contributed by atoms with Gasteiger partial charge in [-0.3, -0.25) is 4.90 Å². The molecule has 0 saturated heterocycles. The summed E-state index contributed by atoms with van der Waals surface area (Å²) in [5, 5.41) is 0. The zero-order valence-corrected chi connectivity index (χ0v) is 20.6. The summed E-state index contributed by atoms with van der Waals surface area (Å²) in [5.74, 6) is 0. The molecule has 18 nitrogen and oxygen atoms in total. The van der Waals surface area contributed by atoms with Crippen LogP contribution in [-0.4, -0.2) is 82.1 Å².